The molecule has 0 radical (unpaired) electrons. The third-order valence-corrected chi connectivity index (χ3v) is 4.76. The maximum absolute atomic E-state index is 6.24. The third kappa shape index (κ3) is 3.11. The minimum atomic E-state index is -0.405. The summed E-state index contributed by atoms with van der Waals surface area (Å²) < 4.78 is 18.1. The fraction of sp³-hybridized carbons (Fsp3) is 0.824. The van der Waals surface area contributed by atoms with Gasteiger partial charge in [0, 0.05) is 17.3 Å². The van der Waals surface area contributed by atoms with Crippen LogP contribution in [0, 0.1) is 0 Å². The molecule has 4 nitrogen and oxygen atoms in total. The number of hydrogen-bond acceptors (Lipinski definition) is 4. The molecular weight excluding hydrogens is 277 g/mol. The van der Waals surface area contributed by atoms with Crippen molar-refractivity contribution >= 4 is 12.6 Å². The van der Waals surface area contributed by atoms with Crippen LogP contribution >= 0.6 is 0 Å². The zero-order chi connectivity index (χ0) is 16.8. The molecule has 0 aromatic carbocycles. The summed E-state index contributed by atoms with van der Waals surface area (Å²) in [4.78, 5) is 0. The van der Waals surface area contributed by atoms with Gasteiger partial charge in [-0.3, -0.25) is 0 Å². The van der Waals surface area contributed by atoms with Gasteiger partial charge in [0.15, 0.2) is 0 Å². The molecule has 1 aliphatic rings. The molecule has 1 aromatic heterocycles. The highest BCUT2D eigenvalue weighted by molar-refractivity contribution is 6.63. The lowest BCUT2D eigenvalue weighted by Gasteiger charge is -2.32. The van der Waals surface area contributed by atoms with Crippen molar-refractivity contribution in [2.45, 2.75) is 91.3 Å². The predicted molar refractivity (Wildman–Crippen MR) is 89.5 cm³/mol. The van der Waals surface area contributed by atoms with Gasteiger partial charge in [-0.1, -0.05) is 39.3 Å². The van der Waals surface area contributed by atoms with Crippen molar-refractivity contribution in [1.29, 1.82) is 0 Å². The first-order valence-corrected chi connectivity index (χ1v) is 8.34. The predicted octanol–water partition coefficient (Wildman–Crippen LogP) is 3.61. The van der Waals surface area contributed by atoms with Crippen molar-refractivity contribution in [3.63, 3.8) is 0 Å². The largest absolute Gasteiger partial charge is 0.500 e. The van der Waals surface area contributed by atoms with E-state index < -0.39 is 7.12 Å². The molecule has 1 aliphatic heterocycles. The molecule has 0 atom stereocenters. The highest BCUT2D eigenvalue weighted by Gasteiger charge is 2.54. The van der Waals surface area contributed by atoms with Gasteiger partial charge in [0.1, 0.15) is 5.76 Å². The van der Waals surface area contributed by atoms with Crippen molar-refractivity contribution in [2.24, 2.45) is 0 Å². The van der Waals surface area contributed by atoms with E-state index in [1.807, 2.05) is 0 Å². The lowest BCUT2D eigenvalue weighted by molar-refractivity contribution is 0.00578. The summed E-state index contributed by atoms with van der Waals surface area (Å²) in [6.45, 7) is 16.9. The minimum absolute atomic E-state index is 0.104. The Morgan fingerprint density at radius 2 is 1.59 bits per heavy atom. The summed E-state index contributed by atoms with van der Waals surface area (Å²) in [6, 6.07) is 0. The molecule has 5 heteroatoms. The van der Waals surface area contributed by atoms with Gasteiger partial charge in [0.25, 0.3) is 0 Å². The van der Waals surface area contributed by atoms with Crippen molar-refractivity contribution < 1.29 is 13.8 Å². The molecule has 2 rings (SSSR count). The van der Waals surface area contributed by atoms with Gasteiger partial charge < -0.3 is 13.8 Å². The van der Waals surface area contributed by atoms with E-state index in [1.165, 1.54) is 0 Å². The monoisotopic (exact) mass is 307 g/mol. The molecule has 0 spiro atoms. The maximum atomic E-state index is 6.24. The van der Waals surface area contributed by atoms with E-state index in [1.54, 1.807) is 0 Å². The average Bonchev–Trinajstić information content (AvgIpc) is 2.85. The Morgan fingerprint density at radius 3 is 2.05 bits per heavy atom. The molecule has 22 heavy (non-hydrogen) atoms. The van der Waals surface area contributed by atoms with Crippen molar-refractivity contribution in [3.05, 3.63) is 11.5 Å². The normalized spacial score (nSPS) is 20.6. The molecule has 0 bridgehead atoms. The second-order valence-electron chi connectivity index (χ2n) is 8.31. The van der Waals surface area contributed by atoms with Crippen LogP contribution in [-0.4, -0.2) is 23.5 Å². The van der Waals surface area contributed by atoms with E-state index in [-0.39, 0.29) is 16.6 Å². The number of nitrogens with zero attached hydrogens (tertiary/aromatic N) is 1. The van der Waals surface area contributed by atoms with Crippen LogP contribution in [0.25, 0.3) is 0 Å². The Balaban J connectivity index is 2.42. The molecular formula is C17H30BNO3. The Kier molecular flexibility index (Phi) is 4.53. The number of aromatic nitrogens is 1. The molecule has 1 fully saturated rings. The molecule has 1 saturated heterocycles. The molecule has 2 heterocycles. The van der Waals surface area contributed by atoms with Gasteiger partial charge >= 0.3 is 7.12 Å². The average molecular weight is 307 g/mol. The van der Waals surface area contributed by atoms with Crippen molar-refractivity contribution in [2.75, 3.05) is 0 Å². The fourth-order valence-corrected chi connectivity index (χ4v) is 2.59. The summed E-state index contributed by atoms with van der Waals surface area (Å²) in [7, 11) is -0.405. The van der Waals surface area contributed by atoms with E-state index in [0.717, 1.165) is 36.2 Å². The van der Waals surface area contributed by atoms with E-state index in [2.05, 4.69) is 60.5 Å². The highest BCUT2D eigenvalue weighted by Crippen LogP contribution is 2.37. The maximum Gasteiger partial charge on any atom is 0.500 e. The van der Waals surface area contributed by atoms with Gasteiger partial charge in [-0.05, 0) is 34.1 Å². The molecule has 0 amide bonds. The summed E-state index contributed by atoms with van der Waals surface area (Å²) in [5.74, 6) is 0.908. The summed E-state index contributed by atoms with van der Waals surface area (Å²) >= 11 is 0. The molecule has 0 saturated carbocycles. The Hall–Kier alpha value is -0.805. The molecule has 0 aliphatic carbocycles. The van der Waals surface area contributed by atoms with Crippen LogP contribution in [0.1, 0.15) is 79.7 Å². The topological polar surface area (TPSA) is 44.5 Å². The van der Waals surface area contributed by atoms with E-state index in [9.17, 15) is 0 Å². The lowest BCUT2D eigenvalue weighted by Crippen LogP contribution is -2.41. The van der Waals surface area contributed by atoms with Crippen LogP contribution in [0.5, 0.6) is 0 Å². The highest BCUT2D eigenvalue weighted by atomic mass is 16.7. The Labute approximate surface area is 135 Å². The zero-order valence-electron chi connectivity index (χ0n) is 15.4. The van der Waals surface area contributed by atoms with E-state index >= 15 is 0 Å². The van der Waals surface area contributed by atoms with Gasteiger partial charge in [-0.15, -0.1) is 0 Å². The van der Waals surface area contributed by atoms with Crippen LogP contribution in [0.15, 0.2) is 4.52 Å². The van der Waals surface area contributed by atoms with Crippen LogP contribution in [0.2, 0.25) is 0 Å². The van der Waals surface area contributed by atoms with Crippen LogP contribution in [0.4, 0.5) is 0 Å². The first-order chi connectivity index (χ1) is 9.99. The number of hydrogen-bond donors (Lipinski definition) is 0. The van der Waals surface area contributed by atoms with E-state index in [4.69, 9.17) is 13.8 Å². The second-order valence-corrected chi connectivity index (χ2v) is 8.31. The molecule has 1 aromatic rings. The van der Waals surface area contributed by atoms with Gasteiger partial charge in [-0.2, -0.15) is 0 Å². The lowest BCUT2D eigenvalue weighted by atomic mass is 9.71. The third-order valence-electron chi connectivity index (χ3n) is 4.76. The van der Waals surface area contributed by atoms with Crippen molar-refractivity contribution in [3.8, 4) is 0 Å². The standard InChI is InChI=1S/C17H30BNO3/c1-9-10-11-12-13(14(19-20-12)15(2,3)4)18-21-16(5,6)17(7,8)22-18/h9-11H2,1-8H3. The van der Waals surface area contributed by atoms with Gasteiger partial charge in [0.2, 0.25) is 0 Å². The molecule has 0 N–H and O–H groups in total. The Morgan fingerprint density at radius 1 is 1.05 bits per heavy atom. The number of rotatable bonds is 4. The van der Waals surface area contributed by atoms with E-state index in [0.29, 0.717) is 0 Å². The first-order valence-electron chi connectivity index (χ1n) is 8.34. The SMILES string of the molecule is CCCCc1onc(C(C)(C)C)c1B1OC(C)(C)C(C)(C)O1. The van der Waals surface area contributed by atoms with Crippen LogP contribution in [-0.2, 0) is 21.1 Å². The zero-order valence-corrected chi connectivity index (χ0v) is 15.4. The van der Waals surface area contributed by atoms with Gasteiger partial charge in [0.05, 0.1) is 16.9 Å². The van der Waals surface area contributed by atoms with Gasteiger partial charge in [-0.25, -0.2) is 0 Å². The van der Waals surface area contributed by atoms with Crippen LogP contribution < -0.4 is 5.46 Å². The smallest absolute Gasteiger partial charge is 0.399 e. The summed E-state index contributed by atoms with van der Waals surface area (Å²) in [5.41, 5.74) is 1.13. The minimum Gasteiger partial charge on any atom is -0.399 e. The number of unbranched alkanes of at least 4 members (excludes halogenated alkanes) is 1. The first kappa shape index (κ1) is 17.5. The summed E-state index contributed by atoms with van der Waals surface area (Å²) in [6.07, 6.45) is 3.07. The molecule has 124 valence electrons. The summed E-state index contributed by atoms with van der Waals surface area (Å²) in [5, 5.41) is 4.35. The van der Waals surface area contributed by atoms with Crippen molar-refractivity contribution in [1.82, 2.24) is 5.16 Å². The Bertz CT molecular complexity index is 512. The number of aryl methyl sites for hydroxylation is 1. The fourth-order valence-electron chi connectivity index (χ4n) is 2.59. The quantitative estimate of drug-likeness (QED) is 0.797. The van der Waals surface area contributed by atoms with Crippen LogP contribution in [0.3, 0.4) is 0 Å². The molecule has 0 unspecified atom stereocenters. The second kappa shape index (κ2) is 5.68.